The molecule has 0 unspecified atom stereocenters. The molecule has 0 aromatic carbocycles. The van der Waals surface area contributed by atoms with Gasteiger partial charge in [0.1, 0.15) is 12.0 Å². The lowest BCUT2D eigenvalue weighted by Crippen LogP contribution is -1.93. The topological polar surface area (TPSA) is 69.1 Å². The third kappa shape index (κ3) is 2.31. The van der Waals surface area contributed by atoms with E-state index in [1.807, 2.05) is 0 Å². The molecule has 15 heavy (non-hydrogen) atoms. The lowest BCUT2D eigenvalue weighted by molar-refractivity contribution is -0.117. The molecule has 2 aromatic rings. The number of ketones is 1. The van der Waals surface area contributed by atoms with E-state index < -0.39 is 0 Å². The summed E-state index contributed by atoms with van der Waals surface area (Å²) >= 11 is 0. The van der Waals surface area contributed by atoms with Crippen LogP contribution in [-0.4, -0.2) is 15.9 Å². The first-order valence-corrected chi connectivity index (χ1v) is 4.60. The van der Waals surface area contributed by atoms with Crippen molar-refractivity contribution in [1.82, 2.24) is 10.1 Å². The summed E-state index contributed by atoms with van der Waals surface area (Å²) in [6.07, 6.45) is 3.99. The van der Waals surface area contributed by atoms with Crippen LogP contribution in [0.2, 0.25) is 0 Å². The first kappa shape index (κ1) is 9.64. The van der Waals surface area contributed by atoms with Crippen molar-refractivity contribution >= 4 is 5.78 Å². The molecule has 0 aliphatic carbocycles. The second kappa shape index (κ2) is 4.08. The molecule has 5 nitrogen and oxygen atoms in total. The highest BCUT2D eigenvalue weighted by Gasteiger charge is 2.09. The summed E-state index contributed by atoms with van der Waals surface area (Å²) in [7, 11) is 0. The van der Waals surface area contributed by atoms with Crippen molar-refractivity contribution in [3.63, 3.8) is 0 Å². The summed E-state index contributed by atoms with van der Waals surface area (Å²) in [6.45, 7) is 1.54. The van der Waals surface area contributed by atoms with Crippen molar-refractivity contribution in [3.05, 3.63) is 24.5 Å². The van der Waals surface area contributed by atoms with Gasteiger partial charge in [-0.2, -0.15) is 4.98 Å². The molecule has 0 amide bonds. The monoisotopic (exact) mass is 206 g/mol. The maximum atomic E-state index is 10.7. The third-order valence-corrected chi connectivity index (χ3v) is 1.94. The van der Waals surface area contributed by atoms with Crippen LogP contribution in [0.3, 0.4) is 0 Å². The summed E-state index contributed by atoms with van der Waals surface area (Å²) in [5.41, 5.74) is 0.771. The van der Waals surface area contributed by atoms with Crippen molar-refractivity contribution in [1.29, 1.82) is 0 Å². The lowest BCUT2D eigenvalue weighted by atomic mass is 10.2. The van der Waals surface area contributed by atoms with Crippen LogP contribution in [0.4, 0.5) is 0 Å². The van der Waals surface area contributed by atoms with Crippen molar-refractivity contribution in [3.8, 4) is 11.4 Å². The molecule has 5 heteroatoms. The molecule has 2 heterocycles. The minimum absolute atomic E-state index is 0.109. The van der Waals surface area contributed by atoms with Crippen LogP contribution in [0, 0.1) is 0 Å². The molecule has 0 saturated heterocycles. The van der Waals surface area contributed by atoms with E-state index >= 15 is 0 Å². The Morgan fingerprint density at radius 1 is 1.53 bits per heavy atom. The molecule has 0 fully saturated rings. The minimum atomic E-state index is 0.109. The molecule has 0 aliphatic rings. The van der Waals surface area contributed by atoms with E-state index in [-0.39, 0.29) is 5.78 Å². The van der Waals surface area contributed by atoms with Crippen molar-refractivity contribution in [2.24, 2.45) is 0 Å². The Labute approximate surface area is 86.1 Å². The Balaban J connectivity index is 2.08. The standard InChI is InChI=1S/C10H10N2O3/c1-7(13)2-3-9-11-10(12-15-9)8-4-5-14-6-8/h4-6H,2-3H2,1H3. The van der Waals surface area contributed by atoms with Gasteiger partial charge in [0, 0.05) is 12.8 Å². The van der Waals surface area contributed by atoms with Gasteiger partial charge in [0.15, 0.2) is 0 Å². The molecule has 0 aliphatic heterocycles. The molecule has 0 bridgehead atoms. The van der Waals surface area contributed by atoms with Gasteiger partial charge in [-0.1, -0.05) is 5.16 Å². The second-order valence-corrected chi connectivity index (χ2v) is 3.23. The molecule has 2 rings (SSSR count). The SMILES string of the molecule is CC(=O)CCc1nc(-c2ccoc2)no1. The summed E-state index contributed by atoms with van der Waals surface area (Å²) in [6, 6.07) is 1.75. The van der Waals surface area contributed by atoms with E-state index in [0.717, 1.165) is 5.56 Å². The summed E-state index contributed by atoms with van der Waals surface area (Å²) < 4.78 is 9.88. The summed E-state index contributed by atoms with van der Waals surface area (Å²) in [4.78, 5) is 14.9. The fourth-order valence-electron chi connectivity index (χ4n) is 1.15. The third-order valence-electron chi connectivity index (χ3n) is 1.94. The van der Waals surface area contributed by atoms with Crippen LogP contribution in [0.15, 0.2) is 27.5 Å². The first-order valence-electron chi connectivity index (χ1n) is 4.60. The highest BCUT2D eigenvalue weighted by molar-refractivity contribution is 5.75. The van der Waals surface area contributed by atoms with Crippen molar-refractivity contribution in [2.75, 3.05) is 0 Å². The fourth-order valence-corrected chi connectivity index (χ4v) is 1.15. The lowest BCUT2D eigenvalue weighted by Gasteiger charge is -1.87. The predicted octanol–water partition coefficient (Wildman–Crippen LogP) is 1.85. The van der Waals surface area contributed by atoms with Gasteiger partial charge >= 0.3 is 0 Å². The van der Waals surface area contributed by atoms with Gasteiger partial charge < -0.3 is 13.7 Å². The molecular weight excluding hydrogens is 196 g/mol. The van der Waals surface area contributed by atoms with E-state index in [9.17, 15) is 4.79 Å². The Bertz CT molecular complexity index is 445. The number of aromatic nitrogens is 2. The van der Waals surface area contributed by atoms with E-state index in [2.05, 4.69) is 10.1 Å². The van der Waals surface area contributed by atoms with E-state index in [0.29, 0.717) is 24.6 Å². The molecule has 2 aromatic heterocycles. The van der Waals surface area contributed by atoms with Gasteiger partial charge in [0.25, 0.3) is 0 Å². The maximum absolute atomic E-state index is 10.7. The van der Waals surface area contributed by atoms with E-state index in [4.69, 9.17) is 8.94 Å². The number of hydrogen-bond acceptors (Lipinski definition) is 5. The summed E-state index contributed by atoms with van der Waals surface area (Å²) in [5, 5.41) is 3.78. The molecule has 0 radical (unpaired) electrons. The van der Waals surface area contributed by atoms with E-state index in [1.165, 1.54) is 6.92 Å². The summed E-state index contributed by atoms with van der Waals surface area (Å²) in [5.74, 6) is 1.07. The van der Waals surface area contributed by atoms with Crippen LogP contribution >= 0.6 is 0 Å². The minimum Gasteiger partial charge on any atom is -0.472 e. The molecule has 0 N–H and O–H groups in total. The van der Waals surface area contributed by atoms with Gasteiger partial charge in [-0.3, -0.25) is 0 Å². The zero-order chi connectivity index (χ0) is 10.7. The number of nitrogens with zero attached hydrogens (tertiary/aromatic N) is 2. The van der Waals surface area contributed by atoms with Crippen molar-refractivity contribution < 1.29 is 13.7 Å². The number of rotatable bonds is 4. The van der Waals surface area contributed by atoms with Crippen LogP contribution in [-0.2, 0) is 11.2 Å². The molecule has 78 valence electrons. The largest absolute Gasteiger partial charge is 0.472 e. The zero-order valence-electron chi connectivity index (χ0n) is 8.27. The fraction of sp³-hybridized carbons (Fsp3) is 0.300. The number of Topliss-reactive ketones (excluding diaryl/α,β-unsaturated/α-hetero) is 1. The van der Waals surface area contributed by atoms with Crippen LogP contribution in [0.5, 0.6) is 0 Å². The number of furan rings is 1. The van der Waals surface area contributed by atoms with Crippen molar-refractivity contribution in [2.45, 2.75) is 19.8 Å². The van der Waals surface area contributed by atoms with Gasteiger partial charge in [-0.05, 0) is 13.0 Å². The normalized spacial score (nSPS) is 10.5. The molecule has 0 spiro atoms. The second-order valence-electron chi connectivity index (χ2n) is 3.23. The molecule has 0 saturated carbocycles. The number of aryl methyl sites for hydroxylation is 1. The average Bonchev–Trinajstić information content (AvgIpc) is 2.85. The van der Waals surface area contributed by atoms with Crippen LogP contribution in [0.1, 0.15) is 19.2 Å². The maximum Gasteiger partial charge on any atom is 0.227 e. The quantitative estimate of drug-likeness (QED) is 0.763. The smallest absolute Gasteiger partial charge is 0.227 e. The number of hydrogen-bond donors (Lipinski definition) is 0. The first-order chi connectivity index (χ1) is 7.25. The average molecular weight is 206 g/mol. The van der Waals surface area contributed by atoms with E-state index in [1.54, 1.807) is 18.6 Å². The zero-order valence-corrected chi connectivity index (χ0v) is 8.27. The highest BCUT2D eigenvalue weighted by Crippen LogP contribution is 2.16. The van der Waals surface area contributed by atoms with Crippen LogP contribution < -0.4 is 0 Å². The van der Waals surface area contributed by atoms with Gasteiger partial charge in [0.05, 0.1) is 11.8 Å². The Morgan fingerprint density at radius 3 is 3.07 bits per heavy atom. The predicted molar refractivity (Wildman–Crippen MR) is 51.0 cm³/mol. The Morgan fingerprint density at radius 2 is 2.40 bits per heavy atom. The van der Waals surface area contributed by atoms with Gasteiger partial charge in [-0.25, -0.2) is 0 Å². The van der Waals surface area contributed by atoms with Crippen LogP contribution in [0.25, 0.3) is 11.4 Å². The number of carbonyl (C=O) groups is 1. The Kier molecular flexibility index (Phi) is 2.62. The molecule has 0 atom stereocenters. The number of carbonyl (C=O) groups excluding carboxylic acids is 1. The molecular formula is C10H10N2O3. The van der Waals surface area contributed by atoms with Gasteiger partial charge in [0.2, 0.25) is 11.7 Å². The highest BCUT2D eigenvalue weighted by atomic mass is 16.5. The Hall–Kier alpha value is -1.91. The van der Waals surface area contributed by atoms with Gasteiger partial charge in [-0.15, -0.1) is 0 Å².